The Hall–Kier alpha value is -3.05. The van der Waals surface area contributed by atoms with E-state index in [4.69, 9.17) is 8.92 Å². The lowest BCUT2D eigenvalue weighted by Crippen LogP contribution is -2.14. The minimum absolute atomic E-state index is 0.131. The van der Waals surface area contributed by atoms with E-state index < -0.39 is 10.1 Å². The molecular weight excluding hydrogens is 420 g/mol. The highest BCUT2D eigenvalue weighted by Crippen LogP contribution is 2.42. The zero-order chi connectivity index (χ0) is 22.1. The highest BCUT2D eigenvalue weighted by atomic mass is 32.2. The van der Waals surface area contributed by atoms with Crippen molar-refractivity contribution in [1.82, 2.24) is 0 Å². The van der Waals surface area contributed by atoms with Crippen molar-refractivity contribution in [3.8, 4) is 11.5 Å². The van der Waals surface area contributed by atoms with Crippen LogP contribution in [0.4, 0.5) is 0 Å². The van der Waals surface area contributed by atoms with Gasteiger partial charge in [-0.05, 0) is 72.9 Å². The second kappa shape index (κ2) is 8.47. The number of rotatable bonds is 4. The first-order chi connectivity index (χ1) is 15.5. The second-order valence-corrected chi connectivity index (χ2v) is 10.0. The normalized spacial score (nSPS) is 17.7. The van der Waals surface area contributed by atoms with Crippen LogP contribution >= 0.6 is 0 Å². The maximum Gasteiger partial charge on any atom is 0.339 e. The van der Waals surface area contributed by atoms with Crippen molar-refractivity contribution >= 4 is 10.1 Å². The smallest absolute Gasteiger partial charge is 0.339 e. The summed E-state index contributed by atoms with van der Waals surface area (Å²) in [5.74, 6) is 1.11. The predicted molar refractivity (Wildman–Crippen MR) is 125 cm³/mol. The summed E-state index contributed by atoms with van der Waals surface area (Å²) in [4.78, 5) is 0.131. The highest BCUT2D eigenvalue weighted by molar-refractivity contribution is 7.87. The summed E-state index contributed by atoms with van der Waals surface area (Å²) in [5, 5.41) is 0. The zero-order valence-electron chi connectivity index (χ0n) is 18.1. The highest BCUT2D eigenvalue weighted by Gasteiger charge is 2.28. The Morgan fingerprint density at radius 3 is 2.44 bits per heavy atom. The SMILES string of the molecule is COc1ccc2c(c1OS(=O)(=O)c1ccccc1)CC=C1CCc3ccccc3C(C1)C2. The maximum atomic E-state index is 13.0. The first-order valence-electron chi connectivity index (χ1n) is 11.0. The van der Waals surface area contributed by atoms with Crippen LogP contribution in [0.25, 0.3) is 0 Å². The molecule has 1 atom stereocenters. The molecule has 0 fully saturated rings. The summed E-state index contributed by atoms with van der Waals surface area (Å²) in [6.45, 7) is 0. The molecule has 0 saturated carbocycles. The molecule has 2 bridgehead atoms. The number of ether oxygens (including phenoxy) is 1. The van der Waals surface area contributed by atoms with Crippen LogP contribution in [-0.4, -0.2) is 15.5 Å². The molecule has 164 valence electrons. The van der Waals surface area contributed by atoms with Crippen molar-refractivity contribution in [2.24, 2.45) is 0 Å². The van der Waals surface area contributed by atoms with Gasteiger partial charge in [-0.25, -0.2) is 0 Å². The largest absolute Gasteiger partial charge is 0.493 e. The van der Waals surface area contributed by atoms with Crippen molar-refractivity contribution in [3.63, 3.8) is 0 Å². The summed E-state index contributed by atoms with van der Waals surface area (Å²) in [7, 11) is -2.43. The van der Waals surface area contributed by atoms with E-state index >= 15 is 0 Å². The van der Waals surface area contributed by atoms with Gasteiger partial charge in [-0.3, -0.25) is 0 Å². The van der Waals surface area contributed by atoms with Crippen LogP contribution < -0.4 is 8.92 Å². The summed E-state index contributed by atoms with van der Waals surface area (Å²) >= 11 is 0. The van der Waals surface area contributed by atoms with Crippen molar-refractivity contribution < 1.29 is 17.3 Å². The van der Waals surface area contributed by atoms with Gasteiger partial charge in [0.1, 0.15) is 4.90 Å². The Morgan fingerprint density at radius 1 is 0.844 bits per heavy atom. The average molecular weight is 447 g/mol. The molecule has 1 unspecified atom stereocenters. The van der Waals surface area contributed by atoms with Gasteiger partial charge in [0.15, 0.2) is 11.5 Å². The summed E-state index contributed by atoms with van der Waals surface area (Å²) in [5.41, 5.74) is 6.25. The molecule has 0 radical (unpaired) electrons. The third-order valence-corrected chi connectivity index (χ3v) is 7.78. The minimum atomic E-state index is -3.98. The molecule has 2 aliphatic rings. The van der Waals surface area contributed by atoms with E-state index in [1.54, 1.807) is 37.4 Å². The summed E-state index contributed by atoms with van der Waals surface area (Å²) in [6, 6.07) is 20.8. The molecule has 0 aromatic heterocycles. The van der Waals surface area contributed by atoms with Gasteiger partial charge >= 0.3 is 10.1 Å². The number of benzene rings is 3. The van der Waals surface area contributed by atoms with Crippen molar-refractivity contribution in [1.29, 1.82) is 0 Å². The lowest BCUT2D eigenvalue weighted by Gasteiger charge is -2.24. The quantitative estimate of drug-likeness (QED) is 0.386. The standard InChI is InChI=1S/C27H26O4S/c1-30-26-16-14-21-18-22-17-19(11-13-20-7-5-6-10-24(20)22)12-15-25(21)27(26)31-32(28,29)23-8-3-2-4-9-23/h2-10,12,14,16,22H,11,13,15,17-18H2,1H3. The molecule has 3 aromatic rings. The molecule has 0 heterocycles. The first kappa shape index (κ1) is 20.8. The molecule has 3 aromatic carbocycles. The molecule has 0 spiro atoms. The molecule has 32 heavy (non-hydrogen) atoms. The van der Waals surface area contributed by atoms with Gasteiger partial charge in [-0.2, -0.15) is 8.42 Å². The van der Waals surface area contributed by atoms with Crippen molar-refractivity contribution in [2.45, 2.75) is 42.9 Å². The van der Waals surface area contributed by atoms with E-state index in [0.29, 0.717) is 23.8 Å². The van der Waals surface area contributed by atoms with Gasteiger partial charge in [0.2, 0.25) is 0 Å². The van der Waals surface area contributed by atoms with Crippen LogP contribution in [0.5, 0.6) is 11.5 Å². The number of methoxy groups -OCH3 is 1. The van der Waals surface area contributed by atoms with Crippen LogP contribution in [0.15, 0.2) is 83.3 Å². The van der Waals surface area contributed by atoms with Gasteiger partial charge in [-0.1, -0.05) is 60.2 Å². The number of aryl methyl sites for hydroxylation is 1. The van der Waals surface area contributed by atoms with Crippen molar-refractivity contribution in [3.05, 3.63) is 101 Å². The molecular formula is C27H26O4S. The number of hydrogen-bond donors (Lipinski definition) is 0. The molecule has 4 nitrogen and oxygen atoms in total. The minimum Gasteiger partial charge on any atom is -0.493 e. The van der Waals surface area contributed by atoms with E-state index in [2.05, 4.69) is 36.4 Å². The fourth-order valence-corrected chi connectivity index (χ4v) is 5.91. The van der Waals surface area contributed by atoms with E-state index in [-0.39, 0.29) is 4.90 Å². The number of hydrogen-bond acceptors (Lipinski definition) is 4. The summed E-state index contributed by atoms with van der Waals surface area (Å²) in [6.07, 6.45) is 6.86. The van der Waals surface area contributed by atoms with Gasteiger partial charge in [-0.15, -0.1) is 0 Å². The fraction of sp³-hybridized carbons (Fsp3) is 0.259. The molecule has 0 saturated heterocycles. The Labute approximate surface area is 189 Å². The van der Waals surface area contributed by atoms with E-state index in [1.165, 1.54) is 16.7 Å². The van der Waals surface area contributed by atoms with Crippen LogP contribution in [0.2, 0.25) is 0 Å². The second-order valence-electron chi connectivity index (χ2n) is 8.46. The zero-order valence-corrected chi connectivity index (χ0v) is 18.9. The Morgan fingerprint density at radius 2 is 1.62 bits per heavy atom. The van der Waals surface area contributed by atoms with Crippen LogP contribution in [0.1, 0.15) is 41.0 Å². The van der Waals surface area contributed by atoms with Crippen LogP contribution in [-0.2, 0) is 29.4 Å². The monoisotopic (exact) mass is 446 g/mol. The molecule has 5 rings (SSSR count). The van der Waals surface area contributed by atoms with E-state index in [9.17, 15) is 8.42 Å². The van der Waals surface area contributed by atoms with Gasteiger partial charge < -0.3 is 8.92 Å². The molecule has 2 aliphatic carbocycles. The van der Waals surface area contributed by atoms with Crippen LogP contribution in [0.3, 0.4) is 0 Å². The maximum absolute atomic E-state index is 13.0. The third kappa shape index (κ3) is 3.93. The topological polar surface area (TPSA) is 52.6 Å². The van der Waals surface area contributed by atoms with Crippen LogP contribution in [0, 0.1) is 0 Å². The van der Waals surface area contributed by atoms with Gasteiger partial charge in [0, 0.05) is 5.56 Å². The van der Waals surface area contributed by atoms with E-state index in [0.717, 1.165) is 36.8 Å². The molecule has 5 heteroatoms. The molecule has 0 aliphatic heterocycles. The van der Waals surface area contributed by atoms with Gasteiger partial charge in [0.05, 0.1) is 7.11 Å². The number of fused-ring (bicyclic) bond motifs is 5. The van der Waals surface area contributed by atoms with Gasteiger partial charge in [0.25, 0.3) is 0 Å². The van der Waals surface area contributed by atoms with Crippen molar-refractivity contribution in [2.75, 3.05) is 7.11 Å². The first-order valence-corrected chi connectivity index (χ1v) is 12.4. The average Bonchev–Trinajstić information content (AvgIpc) is 2.98. The lowest BCUT2D eigenvalue weighted by atomic mass is 9.82. The lowest BCUT2D eigenvalue weighted by molar-refractivity contribution is 0.388. The Balaban J connectivity index is 1.60. The Bertz CT molecular complexity index is 1280. The number of allylic oxidation sites excluding steroid dienone is 2. The van der Waals surface area contributed by atoms with E-state index in [1.807, 2.05) is 6.07 Å². The molecule has 0 amide bonds. The summed E-state index contributed by atoms with van der Waals surface area (Å²) < 4.78 is 37.3. The predicted octanol–water partition coefficient (Wildman–Crippen LogP) is 5.61. The fourth-order valence-electron chi connectivity index (χ4n) is 4.92. The Kier molecular flexibility index (Phi) is 5.51. The molecule has 0 N–H and O–H groups in total. The third-order valence-electron chi connectivity index (χ3n) is 6.55.